The number of likely N-dealkylation sites (tertiary alicyclic amines) is 1. The van der Waals surface area contributed by atoms with E-state index in [0.29, 0.717) is 29.6 Å². The van der Waals surface area contributed by atoms with E-state index in [1.807, 2.05) is 44.2 Å². The van der Waals surface area contributed by atoms with Crippen molar-refractivity contribution in [1.29, 1.82) is 0 Å². The monoisotopic (exact) mass is 392 g/mol. The third-order valence-electron chi connectivity index (χ3n) is 5.57. The summed E-state index contributed by atoms with van der Waals surface area (Å²) in [5, 5.41) is 4.20. The van der Waals surface area contributed by atoms with Gasteiger partial charge >= 0.3 is 0 Å². The number of fused-ring (bicyclic) bond motifs is 1. The molecule has 7 nitrogen and oxygen atoms in total. The summed E-state index contributed by atoms with van der Waals surface area (Å²) in [4.78, 5) is 29.2. The Balaban J connectivity index is 1.60. The van der Waals surface area contributed by atoms with Crippen LogP contribution in [0.15, 0.2) is 35.1 Å². The van der Waals surface area contributed by atoms with Crippen molar-refractivity contribution in [2.75, 3.05) is 25.0 Å². The van der Waals surface area contributed by atoms with Crippen LogP contribution in [0.1, 0.15) is 37.1 Å². The zero-order chi connectivity index (χ0) is 20.4. The minimum atomic E-state index is -0.0373. The van der Waals surface area contributed by atoms with Crippen LogP contribution in [0.3, 0.4) is 0 Å². The van der Waals surface area contributed by atoms with Crippen molar-refractivity contribution >= 4 is 16.7 Å². The normalized spacial score (nSPS) is 17.6. The van der Waals surface area contributed by atoms with Crippen molar-refractivity contribution in [2.45, 2.75) is 46.2 Å². The molecule has 1 fully saturated rings. The highest BCUT2D eigenvalue weighted by molar-refractivity contribution is 5.77. The number of aryl methyl sites for hydroxylation is 2. The minimum Gasteiger partial charge on any atom is -0.366 e. The van der Waals surface area contributed by atoms with Crippen LogP contribution in [0.5, 0.6) is 0 Å². The first-order valence-electron chi connectivity index (χ1n) is 10.3. The molecule has 4 rings (SSSR count). The number of hydrogen-bond donors (Lipinski definition) is 1. The van der Waals surface area contributed by atoms with E-state index in [9.17, 15) is 4.79 Å². The summed E-state index contributed by atoms with van der Waals surface area (Å²) < 4.78 is 1.69. The Morgan fingerprint density at radius 1 is 1.17 bits per heavy atom. The van der Waals surface area contributed by atoms with Gasteiger partial charge in [-0.25, -0.2) is 15.0 Å². The van der Waals surface area contributed by atoms with Gasteiger partial charge in [0.25, 0.3) is 5.56 Å². The van der Waals surface area contributed by atoms with Gasteiger partial charge in [-0.05, 0) is 51.9 Å². The summed E-state index contributed by atoms with van der Waals surface area (Å²) in [5.74, 6) is 2.22. The van der Waals surface area contributed by atoms with Crippen molar-refractivity contribution in [3.8, 4) is 0 Å². The maximum Gasteiger partial charge on any atom is 0.261 e. The highest BCUT2D eigenvalue weighted by atomic mass is 16.1. The van der Waals surface area contributed by atoms with Crippen LogP contribution in [-0.2, 0) is 6.54 Å². The van der Waals surface area contributed by atoms with Crippen LogP contribution < -0.4 is 10.9 Å². The molecular formula is C22H28N6O. The number of nitrogens with zero attached hydrogens (tertiary/aromatic N) is 5. The number of likely N-dealkylation sites (N-methyl/N-ethyl adjacent to an activating group) is 1. The molecule has 3 heterocycles. The van der Waals surface area contributed by atoms with Crippen LogP contribution in [0.2, 0.25) is 0 Å². The molecular weight excluding hydrogens is 364 g/mol. The molecule has 2 aromatic heterocycles. The van der Waals surface area contributed by atoms with Gasteiger partial charge in [0.1, 0.15) is 17.5 Å². The average molecular weight is 393 g/mol. The molecule has 0 saturated carbocycles. The Morgan fingerprint density at radius 2 is 2.00 bits per heavy atom. The first kappa shape index (κ1) is 19.5. The molecule has 1 aliphatic heterocycles. The first-order valence-corrected chi connectivity index (χ1v) is 10.3. The van der Waals surface area contributed by atoms with Crippen molar-refractivity contribution in [2.24, 2.45) is 0 Å². The van der Waals surface area contributed by atoms with Gasteiger partial charge in [0.2, 0.25) is 0 Å². The average Bonchev–Trinajstić information content (AvgIpc) is 2.71. The quantitative estimate of drug-likeness (QED) is 0.720. The van der Waals surface area contributed by atoms with Gasteiger partial charge in [0.15, 0.2) is 0 Å². The summed E-state index contributed by atoms with van der Waals surface area (Å²) in [7, 11) is 0. The van der Waals surface area contributed by atoms with Crippen LogP contribution >= 0.6 is 0 Å². The molecule has 3 aromatic rings. The molecule has 1 aromatic carbocycles. The predicted octanol–water partition coefficient (Wildman–Crippen LogP) is 2.75. The van der Waals surface area contributed by atoms with E-state index in [0.717, 1.165) is 36.5 Å². The Kier molecular flexibility index (Phi) is 5.58. The van der Waals surface area contributed by atoms with E-state index < -0.39 is 0 Å². The number of piperidine rings is 1. The molecule has 7 heteroatoms. The number of para-hydroxylation sites is 1. The molecule has 1 atom stereocenters. The van der Waals surface area contributed by atoms with Gasteiger partial charge in [-0.15, -0.1) is 0 Å². The van der Waals surface area contributed by atoms with E-state index in [-0.39, 0.29) is 5.56 Å². The molecule has 0 bridgehead atoms. The fourth-order valence-corrected chi connectivity index (χ4v) is 4.08. The molecule has 0 unspecified atom stereocenters. The molecule has 0 radical (unpaired) electrons. The predicted molar refractivity (Wildman–Crippen MR) is 115 cm³/mol. The lowest BCUT2D eigenvalue weighted by Gasteiger charge is -2.32. The van der Waals surface area contributed by atoms with Gasteiger partial charge in [0, 0.05) is 18.7 Å². The van der Waals surface area contributed by atoms with Crippen molar-refractivity contribution in [3.05, 3.63) is 58.0 Å². The lowest BCUT2D eigenvalue weighted by Crippen LogP contribution is -2.42. The Hall–Kier alpha value is -2.80. The second-order valence-corrected chi connectivity index (χ2v) is 7.74. The second-order valence-electron chi connectivity index (χ2n) is 7.74. The minimum absolute atomic E-state index is 0.0373. The number of aromatic nitrogens is 4. The van der Waals surface area contributed by atoms with Gasteiger partial charge in [-0.1, -0.05) is 19.1 Å². The molecule has 0 amide bonds. The molecule has 1 N–H and O–H groups in total. The first-order chi connectivity index (χ1) is 14.0. The van der Waals surface area contributed by atoms with Crippen LogP contribution in [0.25, 0.3) is 10.9 Å². The fraction of sp³-hybridized carbons (Fsp3) is 0.455. The molecule has 1 aliphatic rings. The van der Waals surface area contributed by atoms with Crippen LogP contribution in [0, 0.1) is 13.8 Å². The second kappa shape index (κ2) is 8.29. The van der Waals surface area contributed by atoms with Gasteiger partial charge in [-0.2, -0.15) is 0 Å². The third kappa shape index (κ3) is 4.29. The summed E-state index contributed by atoms with van der Waals surface area (Å²) in [6, 6.07) is 9.80. The van der Waals surface area contributed by atoms with Crippen LogP contribution in [-0.4, -0.2) is 50.1 Å². The topological polar surface area (TPSA) is 75.9 Å². The third-order valence-corrected chi connectivity index (χ3v) is 5.57. The smallest absolute Gasteiger partial charge is 0.261 e. The van der Waals surface area contributed by atoms with Gasteiger partial charge < -0.3 is 10.2 Å². The van der Waals surface area contributed by atoms with Gasteiger partial charge in [-0.3, -0.25) is 9.36 Å². The SMILES string of the molecule is CCN1CCC[C@H](Nc2cc(Cn3c(C)nc4ccccc4c3=O)nc(C)n2)C1. The Bertz CT molecular complexity index is 1080. The zero-order valence-electron chi connectivity index (χ0n) is 17.4. The molecule has 0 spiro atoms. The van der Waals surface area contributed by atoms with E-state index in [1.165, 1.54) is 13.0 Å². The number of nitrogens with one attached hydrogen (secondary N) is 1. The maximum atomic E-state index is 13.0. The number of anilines is 1. The van der Waals surface area contributed by atoms with E-state index >= 15 is 0 Å². The Labute approximate surface area is 170 Å². The lowest BCUT2D eigenvalue weighted by molar-refractivity contribution is 0.226. The molecule has 0 aliphatic carbocycles. The standard InChI is InChI=1S/C22H28N6O/c1-4-27-11-7-8-17(13-27)26-21-12-18(23-15(2)24-21)14-28-16(3)25-20-10-6-5-9-19(20)22(28)29/h5-6,9-10,12,17H,4,7-8,11,13-14H2,1-3H3,(H,23,24,26)/t17-/m0/s1. The van der Waals surface area contributed by atoms with Gasteiger partial charge in [0.05, 0.1) is 23.1 Å². The summed E-state index contributed by atoms with van der Waals surface area (Å²) in [6.07, 6.45) is 2.34. The zero-order valence-corrected chi connectivity index (χ0v) is 17.4. The van der Waals surface area contributed by atoms with E-state index in [2.05, 4.69) is 32.1 Å². The Morgan fingerprint density at radius 3 is 2.83 bits per heavy atom. The fourth-order valence-electron chi connectivity index (χ4n) is 4.08. The number of hydrogen-bond acceptors (Lipinski definition) is 6. The summed E-state index contributed by atoms with van der Waals surface area (Å²) in [6.45, 7) is 9.61. The largest absolute Gasteiger partial charge is 0.366 e. The van der Waals surface area contributed by atoms with Crippen molar-refractivity contribution < 1.29 is 0 Å². The molecule has 152 valence electrons. The molecule has 29 heavy (non-hydrogen) atoms. The summed E-state index contributed by atoms with van der Waals surface area (Å²) in [5.41, 5.74) is 1.50. The molecule has 1 saturated heterocycles. The number of benzene rings is 1. The highest BCUT2D eigenvalue weighted by Gasteiger charge is 2.19. The van der Waals surface area contributed by atoms with E-state index in [4.69, 9.17) is 0 Å². The maximum absolute atomic E-state index is 13.0. The lowest BCUT2D eigenvalue weighted by atomic mass is 10.1. The van der Waals surface area contributed by atoms with Crippen molar-refractivity contribution in [3.63, 3.8) is 0 Å². The van der Waals surface area contributed by atoms with Crippen LogP contribution in [0.4, 0.5) is 5.82 Å². The van der Waals surface area contributed by atoms with Crippen molar-refractivity contribution in [1.82, 2.24) is 24.4 Å². The van der Waals surface area contributed by atoms with E-state index in [1.54, 1.807) is 4.57 Å². The number of rotatable bonds is 5. The summed E-state index contributed by atoms with van der Waals surface area (Å²) >= 11 is 0. The highest BCUT2D eigenvalue weighted by Crippen LogP contribution is 2.16.